The van der Waals surface area contributed by atoms with E-state index in [0.29, 0.717) is 47.3 Å². The van der Waals surface area contributed by atoms with E-state index in [1.165, 1.54) is 36.8 Å². The smallest absolute Gasteiger partial charge is 0.193 e. The second kappa shape index (κ2) is 11.0. The van der Waals surface area contributed by atoms with Crippen LogP contribution < -0.4 is 11.5 Å². The molecule has 0 bridgehead atoms. The molecule has 0 aromatic heterocycles. The number of anilines is 2. The minimum absolute atomic E-state index is 0.0763. The molecular weight excluding hydrogens is 440 g/mol. The summed E-state index contributed by atoms with van der Waals surface area (Å²) in [6, 6.07) is 11.9. The molecule has 2 aromatic rings. The predicted molar refractivity (Wildman–Crippen MR) is 153 cm³/mol. The van der Waals surface area contributed by atoms with Crippen LogP contribution in [-0.4, -0.2) is 5.78 Å². The Morgan fingerprint density at radius 3 is 1.44 bits per heavy atom. The number of carbonyl (C=O) groups excluding carboxylic acids is 1. The topological polar surface area (TPSA) is 69.1 Å². The van der Waals surface area contributed by atoms with Crippen LogP contribution in [0.2, 0.25) is 0 Å². The Balaban J connectivity index is 1.68. The molecule has 2 aliphatic carbocycles. The van der Waals surface area contributed by atoms with Crippen LogP contribution in [-0.2, 0) is 0 Å². The summed E-state index contributed by atoms with van der Waals surface area (Å²) in [5.41, 5.74) is 18.5. The molecule has 2 aromatic carbocycles. The Kier molecular flexibility index (Phi) is 8.17. The number of nitrogens with two attached hydrogens (primary N) is 2. The van der Waals surface area contributed by atoms with Crippen LogP contribution in [0.5, 0.6) is 0 Å². The van der Waals surface area contributed by atoms with Crippen LogP contribution in [0.15, 0.2) is 36.4 Å². The van der Waals surface area contributed by atoms with Crippen LogP contribution in [0, 0.1) is 35.5 Å². The number of carbonyl (C=O) groups is 1. The zero-order chi connectivity index (χ0) is 26.1. The van der Waals surface area contributed by atoms with Crippen molar-refractivity contribution in [1.29, 1.82) is 0 Å². The number of rotatable bonds is 6. The van der Waals surface area contributed by atoms with Gasteiger partial charge in [-0.25, -0.2) is 0 Å². The van der Waals surface area contributed by atoms with E-state index in [0.717, 1.165) is 35.3 Å². The van der Waals surface area contributed by atoms with E-state index in [1.54, 1.807) is 0 Å². The number of ketones is 1. The van der Waals surface area contributed by atoms with Crippen LogP contribution >= 0.6 is 0 Å². The van der Waals surface area contributed by atoms with Crippen LogP contribution in [0.1, 0.15) is 119 Å². The zero-order valence-corrected chi connectivity index (χ0v) is 23.4. The SMILES string of the molecule is CC1CCC(C(C)C)C(c2cc(C(=O)c3ccc(N)c(C4CC(C)CCC4C(C)C)c3)ccc2N)C1. The molecule has 2 aliphatic rings. The van der Waals surface area contributed by atoms with Gasteiger partial charge in [-0.05, 0) is 121 Å². The quantitative estimate of drug-likeness (QED) is 0.316. The van der Waals surface area contributed by atoms with Gasteiger partial charge >= 0.3 is 0 Å². The molecule has 4 rings (SSSR count). The highest BCUT2D eigenvalue weighted by Crippen LogP contribution is 2.47. The van der Waals surface area contributed by atoms with Crippen molar-refractivity contribution in [1.82, 2.24) is 0 Å². The van der Waals surface area contributed by atoms with Gasteiger partial charge in [-0.2, -0.15) is 0 Å². The minimum Gasteiger partial charge on any atom is -0.398 e. The zero-order valence-electron chi connectivity index (χ0n) is 23.4. The number of nitrogen functional groups attached to an aromatic ring is 2. The van der Waals surface area contributed by atoms with Crippen molar-refractivity contribution in [3.05, 3.63) is 58.7 Å². The molecular formula is C33H48N2O. The maximum Gasteiger partial charge on any atom is 0.193 e. The van der Waals surface area contributed by atoms with E-state index >= 15 is 0 Å². The summed E-state index contributed by atoms with van der Waals surface area (Å²) in [6.45, 7) is 14.0. The summed E-state index contributed by atoms with van der Waals surface area (Å²) in [5.74, 6) is 4.72. The predicted octanol–water partition coefficient (Wildman–Crippen LogP) is 8.43. The molecule has 6 atom stereocenters. The first kappa shape index (κ1) is 26.8. The van der Waals surface area contributed by atoms with E-state index in [1.807, 2.05) is 24.3 Å². The molecule has 0 heterocycles. The Morgan fingerprint density at radius 1 is 0.694 bits per heavy atom. The molecule has 0 radical (unpaired) electrons. The van der Waals surface area contributed by atoms with E-state index in [9.17, 15) is 4.79 Å². The van der Waals surface area contributed by atoms with Crippen molar-refractivity contribution in [2.24, 2.45) is 35.5 Å². The van der Waals surface area contributed by atoms with E-state index in [-0.39, 0.29) is 5.78 Å². The summed E-state index contributed by atoms with van der Waals surface area (Å²) in [4.78, 5) is 13.8. The van der Waals surface area contributed by atoms with Gasteiger partial charge in [0.1, 0.15) is 0 Å². The van der Waals surface area contributed by atoms with Crippen molar-refractivity contribution >= 4 is 17.2 Å². The van der Waals surface area contributed by atoms with Gasteiger partial charge in [-0.1, -0.05) is 54.4 Å². The lowest BCUT2D eigenvalue weighted by Crippen LogP contribution is -2.27. The maximum atomic E-state index is 13.8. The Morgan fingerprint density at radius 2 is 1.08 bits per heavy atom. The molecule has 3 nitrogen and oxygen atoms in total. The second-order valence-electron chi connectivity index (χ2n) is 12.9. The molecule has 0 aliphatic heterocycles. The molecule has 4 N–H and O–H groups in total. The van der Waals surface area contributed by atoms with Gasteiger partial charge in [0.25, 0.3) is 0 Å². The van der Waals surface area contributed by atoms with Gasteiger partial charge in [0.15, 0.2) is 5.78 Å². The van der Waals surface area contributed by atoms with Crippen LogP contribution in [0.25, 0.3) is 0 Å². The Labute approximate surface area is 219 Å². The van der Waals surface area contributed by atoms with Crippen molar-refractivity contribution in [3.8, 4) is 0 Å². The molecule has 0 spiro atoms. The normalized spacial score (nSPS) is 29.0. The van der Waals surface area contributed by atoms with E-state index < -0.39 is 0 Å². The second-order valence-corrected chi connectivity index (χ2v) is 12.9. The summed E-state index contributed by atoms with van der Waals surface area (Å²) in [5, 5.41) is 0. The number of benzene rings is 2. The van der Waals surface area contributed by atoms with Gasteiger partial charge in [0, 0.05) is 22.5 Å². The molecule has 196 valence electrons. The molecule has 36 heavy (non-hydrogen) atoms. The lowest BCUT2D eigenvalue weighted by atomic mass is 9.67. The third kappa shape index (κ3) is 5.50. The van der Waals surface area contributed by atoms with Crippen LogP contribution in [0.4, 0.5) is 11.4 Å². The Bertz CT molecular complexity index is 988. The van der Waals surface area contributed by atoms with Gasteiger partial charge in [-0.15, -0.1) is 0 Å². The number of hydrogen-bond donors (Lipinski definition) is 2. The van der Waals surface area contributed by atoms with Gasteiger partial charge < -0.3 is 11.5 Å². The third-order valence-corrected chi connectivity index (χ3v) is 9.54. The first-order valence-corrected chi connectivity index (χ1v) is 14.4. The van der Waals surface area contributed by atoms with E-state index in [2.05, 4.69) is 53.7 Å². The molecule has 3 heteroatoms. The monoisotopic (exact) mass is 488 g/mol. The summed E-state index contributed by atoms with van der Waals surface area (Å²) in [7, 11) is 0. The summed E-state index contributed by atoms with van der Waals surface area (Å²) >= 11 is 0. The maximum absolute atomic E-state index is 13.8. The third-order valence-electron chi connectivity index (χ3n) is 9.54. The van der Waals surface area contributed by atoms with Gasteiger partial charge in [0.2, 0.25) is 0 Å². The molecule has 2 saturated carbocycles. The van der Waals surface area contributed by atoms with Crippen molar-refractivity contribution in [2.75, 3.05) is 11.5 Å². The fourth-order valence-corrected chi connectivity index (χ4v) is 7.36. The Hall–Kier alpha value is -2.29. The standard InChI is InChI=1S/C33H48N2O/c1-19(2)25-11-7-21(5)15-27(25)29-17-23(9-13-31(29)34)33(36)24-10-14-32(35)30(18-24)28-16-22(6)8-12-26(28)20(3)4/h9-10,13-14,17-22,25-28H,7-8,11-12,15-16,34-35H2,1-6H3. The highest BCUT2D eigenvalue weighted by Gasteiger charge is 2.34. The number of hydrogen-bond acceptors (Lipinski definition) is 3. The fraction of sp³-hybridized carbons (Fsp3) is 0.606. The summed E-state index contributed by atoms with van der Waals surface area (Å²) in [6.07, 6.45) is 7.32. The fourth-order valence-electron chi connectivity index (χ4n) is 7.36. The first-order valence-electron chi connectivity index (χ1n) is 14.4. The van der Waals surface area contributed by atoms with E-state index in [4.69, 9.17) is 11.5 Å². The molecule has 6 unspecified atom stereocenters. The average molecular weight is 489 g/mol. The van der Waals surface area contributed by atoms with Gasteiger partial charge in [-0.3, -0.25) is 4.79 Å². The largest absolute Gasteiger partial charge is 0.398 e. The summed E-state index contributed by atoms with van der Waals surface area (Å²) < 4.78 is 0. The molecule has 0 saturated heterocycles. The lowest BCUT2D eigenvalue weighted by molar-refractivity contribution is 0.103. The van der Waals surface area contributed by atoms with Crippen molar-refractivity contribution in [2.45, 2.75) is 91.9 Å². The van der Waals surface area contributed by atoms with Crippen molar-refractivity contribution < 1.29 is 4.79 Å². The minimum atomic E-state index is 0.0763. The molecule has 2 fully saturated rings. The highest BCUT2D eigenvalue weighted by molar-refractivity contribution is 6.09. The highest BCUT2D eigenvalue weighted by atomic mass is 16.1. The molecule has 0 amide bonds. The average Bonchev–Trinajstić information content (AvgIpc) is 2.83. The lowest BCUT2D eigenvalue weighted by Gasteiger charge is -2.38. The van der Waals surface area contributed by atoms with Crippen LogP contribution in [0.3, 0.4) is 0 Å². The first-order chi connectivity index (χ1) is 17.1. The van der Waals surface area contributed by atoms with Gasteiger partial charge in [0.05, 0.1) is 0 Å². The van der Waals surface area contributed by atoms with Crippen molar-refractivity contribution in [3.63, 3.8) is 0 Å².